The van der Waals surface area contributed by atoms with Crippen molar-refractivity contribution in [2.45, 2.75) is 65.1 Å². The average molecular weight is 598 g/mol. The zero-order valence-corrected chi connectivity index (χ0v) is 26.0. The number of anilines is 1. The number of carbonyl (C=O) groups is 2. The van der Waals surface area contributed by atoms with Gasteiger partial charge < -0.3 is 10.2 Å². The van der Waals surface area contributed by atoms with Crippen molar-refractivity contribution in [2.75, 3.05) is 17.1 Å². The van der Waals surface area contributed by atoms with Crippen molar-refractivity contribution in [3.63, 3.8) is 0 Å². The molecular formula is C32H40ClN3O4S. The highest BCUT2D eigenvalue weighted by Gasteiger charge is 2.32. The monoisotopic (exact) mass is 597 g/mol. The van der Waals surface area contributed by atoms with Crippen LogP contribution in [0.1, 0.15) is 50.3 Å². The number of benzene rings is 3. The van der Waals surface area contributed by atoms with Crippen LogP contribution in [0.25, 0.3) is 0 Å². The Hall–Kier alpha value is -3.36. The van der Waals surface area contributed by atoms with Gasteiger partial charge in [0.25, 0.3) is 0 Å². The number of aryl methyl sites for hydroxylation is 1. The first-order valence-corrected chi connectivity index (χ1v) is 15.9. The highest BCUT2D eigenvalue weighted by atomic mass is 35.5. The van der Waals surface area contributed by atoms with Crippen molar-refractivity contribution in [3.05, 3.63) is 101 Å². The van der Waals surface area contributed by atoms with Crippen molar-refractivity contribution < 1.29 is 18.0 Å². The van der Waals surface area contributed by atoms with E-state index in [0.717, 1.165) is 22.9 Å². The molecule has 0 unspecified atom stereocenters. The van der Waals surface area contributed by atoms with Crippen LogP contribution in [0.5, 0.6) is 0 Å². The van der Waals surface area contributed by atoms with Crippen LogP contribution in [0.2, 0.25) is 5.02 Å². The number of nitrogens with one attached hydrogen (secondary N) is 1. The molecule has 220 valence electrons. The fourth-order valence-electron chi connectivity index (χ4n) is 4.63. The fraction of sp³-hybridized carbons (Fsp3) is 0.375. The largest absolute Gasteiger partial charge is 0.350 e. The van der Waals surface area contributed by atoms with Crippen LogP contribution in [-0.4, -0.2) is 49.5 Å². The Morgan fingerprint density at radius 2 is 1.59 bits per heavy atom. The van der Waals surface area contributed by atoms with Crippen LogP contribution < -0.4 is 9.62 Å². The van der Waals surface area contributed by atoms with Gasteiger partial charge in [-0.3, -0.25) is 13.9 Å². The quantitative estimate of drug-likeness (QED) is 0.288. The van der Waals surface area contributed by atoms with E-state index >= 15 is 0 Å². The number of hydrogen-bond donors (Lipinski definition) is 1. The molecule has 0 saturated carbocycles. The molecule has 2 amide bonds. The van der Waals surface area contributed by atoms with Crippen LogP contribution in [-0.2, 0) is 32.6 Å². The topological polar surface area (TPSA) is 86.8 Å². The van der Waals surface area contributed by atoms with Crippen LogP contribution in [0.15, 0.2) is 78.9 Å². The van der Waals surface area contributed by atoms with Crippen LogP contribution in [0.3, 0.4) is 0 Å². The number of carbonyl (C=O) groups excluding carboxylic acids is 2. The molecule has 1 N–H and O–H groups in total. The molecule has 0 aliphatic heterocycles. The zero-order valence-electron chi connectivity index (χ0n) is 24.4. The lowest BCUT2D eigenvalue weighted by atomic mass is 10.00. The number of nitrogens with zero attached hydrogens (tertiary/aromatic N) is 2. The minimum atomic E-state index is -3.57. The summed E-state index contributed by atoms with van der Waals surface area (Å²) in [5.41, 5.74) is 2.72. The Morgan fingerprint density at radius 1 is 0.927 bits per heavy atom. The molecule has 0 aliphatic rings. The minimum Gasteiger partial charge on any atom is -0.350 e. The molecule has 0 spiro atoms. The zero-order chi connectivity index (χ0) is 30.2. The lowest BCUT2D eigenvalue weighted by molar-refractivity contribution is -0.142. The van der Waals surface area contributed by atoms with Crippen molar-refractivity contribution >= 4 is 39.1 Å². The summed E-state index contributed by atoms with van der Waals surface area (Å²) in [6.45, 7) is 7.92. The predicted molar refractivity (Wildman–Crippen MR) is 166 cm³/mol. The Kier molecular flexibility index (Phi) is 11.0. The van der Waals surface area contributed by atoms with Gasteiger partial charge in [0.1, 0.15) is 6.04 Å². The molecule has 0 heterocycles. The van der Waals surface area contributed by atoms with Crippen LogP contribution >= 0.6 is 11.6 Å². The van der Waals surface area contributed by atoms with Gasteiger partial charge in [-0.25, -0.2) is 8.42 Å². The number of halogens is 1. The van der Waals surface area contributed by atoms with Gasteiger partial charge in [-0.2, -0.15) is 0 Å². The molecule has 7 nitrogen and oxygen atoms in total. The van der Waals surface area contributed by atoms with Crippen molar-refractivity contribution in [2.24, 2.45) is 0 Å². The molecule has 3 aromatic carbocycles. The average Bonchev–Trinajstić information content (AvgIpc) is 2.87. The summed E-state index contributed by atoms with van der Waals surface area (Å²) in [6, 6.07) is 23.3. The van der Waals surface area contributed by atoms with Gasteiger partial charge in [-0.1, -0.05) is 66.2 Å². The predicted octanol–water partition coefficient (Wildman–Crippen LogP) is 5.75. The summed E-state index contributed by atoms with van der Waals surface area (Å²) >= 11 is 6.25. The molecule has 0 aliphatic carbocycles. The molecule has 1 atom stereocenters. The molecule has 0 radical (unpaired) electrons. The molecule has 3 aromatic rings. The summed E-state index contributed by atoms with van der Waals surface area (Å²) < 4.78 is 26.6. The van der Waals surface area contributed by atoms with E-state index in [0.29, 0.717) is 17.1 Å². The molecule has 0 fully saturated rings. The van der Waals surface area contributed by atoms with Gasteiger partial charge in [0.15, 0.2) is 0 Å². The van der Waals surface area contributed by atoms with Gasteiger partial charge >= 0.3 is 0 Å². The second-order valence-electron chi connectivity index (χ2n) is 11.4. The third-order valence-corrected chi connectivity index (χ3v) is 7.88. The standard InChI is InChI=1S/C32H40ClN3O4S/c1-24-12-9-17-28(20-24)36(41(5,39)40)19-11-18-30(37)35(23-26-15-10-16-27(33)21-26)29(31(38)34-32(2,3)4)22-25-13-7-6-8-14-25/h6-10,12-17,20-21,29H,11,18-19,22-23H2,1-5H3,(H,34,38)/t29-/m0/s1. The van der Waals surface area contributed by atoms with Gasteiger partial charge in [0, 0.05) is 36.5 Å². The molecular weight excluding hydrogens is 558 g/mol. The molecule has 0 saturated heterocycles. The Labute approximate surface area is 249 Å². The molecule has 9 heteroatoms. The second kappa shape index (κ2) is 14.0. The summed E-state index contributed by atoms with van der Waals surface area (Å²) in [6.07, 6.45) is 1.83. The highest BCUT2D eigenvalue weighted by Crippen LogP contribution is 2.22. The Morgan fingerprint density at radius 3 is 2.20 bits per heavy atom. The molecule has 0 bridgehead atoms. The fourth-order valence-corrected chi connectivity index (χ4v) is 5.80. The number of rotatable bonds is 12. The number of amides is 2. The summed E-state index contributed by atoms with van der Waals surface area (Å²) in [5.74, 6) is -0.498. The van der Waals surface area contributed by atoms with E-state index in [9.17, 15) is 18.0 Å². The van der Waals surface area contributed by atoms with E-state index < -0.39 is 21.6 Å². The summed E-state index contributed by atoms with van der Waals surface area (Å²) in [5, 5.41) is 3.58. The van der Waals surface area contributed by atoms with E-state index in [1.807, 2.05) is 82.3 Å². The van der Waals surface area contributed by atoms with E-state index in [2.05, 4.69) is 5.32 Å². The van der Waals surface area contributed by atoms with Crippen LogP contribution in [0.4, 0.5) is 5.69 Å². The molecule has 41 heavy (non-hydrogen) atoms. The van der Waals surface area contributed by atoms with Crippen molar-refractivity contribution in [1.82, 2.24) is 10.2 Å². The maximum absolute atomic E-state index is 13.9. The van der Waals surface area contributed by atoms with Crippen molar-refractivity contribution in [1.29, 1.82) is 0 Å². The van der Waals surface area contributed by atoms with Crippen molar-refractivity contribution in [3.8, 4) is 0 Å². The van der Waals surface area contributed by atoms with Gasteiger partial charge in [-0.05, 0) is 75.1 Å². The number of sulfonamides is 1. The summed E-state index contributed by atoms with van der Waals surface area (Å²) in [4.78, 5) is 29.2. The van der Waals surface area contributed by atoms with Gasteiger partial charge in [-0.15, -0.1) is 0 Å². The lowest BCUT2D eigenvalue weighted by Crippen LogP contribution is -2.54. The van der Waals surface area contributed by atoms with E-state index in [-0.39, 0.29) is 37.7 Å². The smallest absolute Gasteiger partial charge is 0.243 e. The first kappa shape index (κ1) is 32.2. The minimum absolute atomic E-state index is 0.0620. The second-order valence-corrected chi connectivity index (χ2v) is 13.7. The highest BCUT2D eigenvalue weighted by molar-refractivity contribution is 7.92. The van der Waals surface area contributed by atoms with Crippen LogP contribution in [0, 0.1) is 6.92 Å². The molecule has 3 rings (SSSR count). The Bertz CT molecular complexity index is 1440. The Balaban J connectivity index is 1.90. The van der Waals surface area contributed by atoms with E-state index in [4.69, 9.17) is 11.6 Å². The maximum Gasteiger partial charge on any atom is 0.243 e. The SMILES string of the molecule is Cc1cccc(N(CCCC(=O)N(Cc2cccc(Cl)c2)[C@@H](Cc2ccccc2)C(=O)NC(C)(C)C)S(C)(=O)=O)c1. The molecule has 0 aromatic heterocycles. The maximum atomic E-state index is 13.9. The van der Waals surface area contributed by atoms with Gasteiger partial charge in [0.05, 0.1) is 11.9 Å². The first-order valence-electron chi connectivity index (χ1n) is 13.7. The van der Waals surface area contributed by atoms with E-state index in [1.54, 1.807) is 29.2 Å². The first-order chi connectivity index (χ1) is 19.2. The number of hydrogen-bond acceptors (Lipinski definition) is 4. The van der Waals surface area contributed by atoms with Gasteiger partial charge in [0.2, 0.25) is 21.8 Å². The third-order valence-electron chi connectivity index (χ3n) is 6.45. The van der Waals surface area contributed by atoms with E-state index in [1.165, 1.54) is 4.31 Å². The third kappa shape index (κ3) is 10.2. The lowest BCUT2D eigenvalue weighted by Gasteiger charge is -2.34. The summed E-state index contributed by atoms with van der Waals surface area (Å²) in [7, 11) is -3.57. The normalized spacial score (nSPS) is 12.4.